The molecule has 6 heteroatoms. The van der Waals surface area contributed by atoms with E-state index in [-0.39, 0.29) is 17.5 Å². The number of hydrogen-bond donors (Lipinski definition) is 2. The van der Waals surface area contributed by atoms with Crippen LogP contribution in [0.5, 0.6) is 0 Å². The van der Waals surface area contributed by atoms with Crippen LogP contribution in [0.1, 0.15) is 13.3 Å². The van der Waals surface area contributed by atoms with Crippen molar-refractivity contribution >= 4 is 11.7 Å². The Morgan fingerprint density at radius 1 is 1.69 bits per heavy atom. The van der Waals surface area contributed by atoms with Gasteiger partial charge < -0.3 is 15.2 Å². The van der Waals surface area contributed by atoms with Gasteiger partial charge in [-0.25, -0.2) is 4.98 Å². The largest absolute Gasteiger partial charge is 0.352 e. The van der Waals surface area contributed by atoms with Gasteiger partial charge in [0.05, 0.1) is 0 Å². The number of rotatable bonds is 2. The second-order valence-corrected chi connectivity index (χ2v) is 3.87. The van der Waals surface area contributed by atoms with Crippen molar-refractivity contribution < 1.29 is 4.79 Å². The normalized spacial score (nSPS) is 19.8. The zero-order valence-corrected chi connectivity index (χ0v) is 9.06. The molecule has 0 aromatic carbocycles. The second-order valence-electron chi connectivity index (χ2n) is 3.87. The fraction of sp³-hybridized carbons (Fsp3) is 0.500. The van der Waals surface area contributed by atoms with E-state index in [4.69, 9.17) is 0 Å². The Hall–Kier alpha value is -1.85. The quantitative estimate of drug-likeness (QED) is 0.706. The monoisotopic (exact) mass is 222 g/mol. The molecule has 1 aromatic rings. The maximum Gasteiger partial charge on any atom is 0.290 e. The molecule has 16 heavy (non-hydrogen) atoms. The first-order valence-corrected chi connectivity index (χ1v) is 5.22. The van der Waals surface area contributed by atoms with Crippen LogP contribution in [-0.4, -0.2) is 35.0 Å². The van der Waals surface area contributed by atoms with Crippen LogP contribution in [0.15, 0.2) is 17.2 Å². The third-order valence-corrected chi connectivity index (χ3v) is 2.58. The van der Waals surface area contributed by atoms with Gasteiger partial charge in [0.2, 0.25) is 5.91 Å². The topological polar surface area (TPSA) is 78.1 Å². The summed E-state index contributed by atoms with van der Waals surface area (Å²) < 4.78 is 0. The Labute approximate surface area is 92.7 Å². The highest BCUT2D eigenvalue weighted by atomic mass is 16.1. The number of carbonyl (C=O) groups is 1. The first kappa shape index (κ1) is 10.7. The summed E-state index contributed by atoms with van der Waals surface area (Å²) in [6.45, 7) is 2.88. The maximum atomic E-state index is 11.5. The van der Waals surface area contributed by atoms with E-state index in [1.54, 1.807) is 6.20 Å². The molecule has 6 nitrogen and oxygen atoms in total. The number of H-pyrrole nitrogens is 1. The lowest BCUT2D eigenvalue weighted by molar-refractivity contribution is -0.119. The van der Waals surface area contributed by atoms with Gasteiger partial charge in [-0.1, -0.05) is 0 Å². The molecule has 1 aromatic heterocycles. The first-order valence-electron chi connectivity index (χ1n) is 5.22. The fourth-order valence-electron chi connectivity index (χ4n) is 1.93. The minimum Gasteiger partial charge on any atom is -0.352 e. The average molecular weight is 222 g/mol. The zero-order chi connectivity index (χ0) is 11.5. The van der Waals surface area contributed by atoms with Gasteiger partial charge in [-0.3, -0.25) is 9.59 Å². The lowest BCUT2D eigenvalue weighted by atomic mass is 10.3. The van der Waals surface area contributed by atoms with E-state index in [9.17, 15) is 9.59 Å². The minimum absolute atomic E-state index is 0.0400. The lowest BCUT2D eigenvalue weighted by Crippen LogP contribution is -2.36. The highest BCUT2D eigenvalue weighted by molar-refractivity contribution is 5.73. The zero-order valence-electron chi connectivity index (χ0n) is 9.06. The molecule has 1 unspecified atom stereocenters. The van der Waals surface area contributed by atoms with Gasteiger partial charge in [0, 0.05) is 38.4 Å². The van der Waals surface area contributed by atoms with Crippen molar-refractivity contribution in [1.82, 2.24) is 15.3 Å². The number of anilines is 1. The fourth-order valence-corrected chi connectivity index (χ4v) is 1.93. The maximum absolute atomic E-state index is 11.5. The SMILES string of the molecule is CC(=O)NC1CCN(c2ncc[nH]c2=O)C1. The first-order chi connectivity index (χ1) is 7.66. The highest BCUT2D eigenvalue weighted by Crippen LogP contribution is 2.13. The predicted molar refractivity (Wildman–Crippen MR) is 59.3 cm³/mol. The van der Waals surface area contributed by atoms with Crippen LogP contribution in [0, 0.1) is 0 Å². The van der Waals surface area contributed by atoms with Crippen molar-refractivity contribution in [3.05, 3.63) is 22.7 Å². The Morgan fingerprint density at radius 2 is 2.50 bits per heavy atom. The number of aromatic amines is 1. The Morgan fingerprint density at radius 3 is 3.19 bits per heavy atom. The van der Waals surface area contributed by atoms with Crippen LogP contribution in [0.25, 0.3) is 0 Å². The molecule has 1 aliphatic rings. The Kier molecular flexibility index (Phi) is 2.89. The summed E-state index contributed by atoms with van der Waals surface area (Å²) in [5.74, 6) is 0.386. The molecule has 1 saturated heterocycles. The van der Waals surface area contributed by atoms with Crippen LogP contribution in [0.2, 0.25) is 0 Å². The van der Waals surface area contributed by atoms with E-state index >= 15 is 0 Å². The smallest absolute Gasteiger partial charge is 0.290 e. The number of nitrogens with zero attached hydrogens (tertiary/aromatic N) is 2. The molecule has 0 spiro atoms. The summed E-state index contributed by atoms with van der Waals surface area (Å²) in [5, 5.41) is 2.84. The molecule has 1 fully saturated rings. The highest BCUT2D eigenvalue weighted by Gasteiger charge is 2.25. The summed E-state index contributed by atoms with van der Waals surface area (Å²) in [4.78, 5) is 30.9. The summed E-state index contributed by atoms with van der Waals surface area (Å²) in [6.07, 6.45) is 3.91. The molecular formula is C10H14N4O2. The molecule has 0 bridgehead atoms. The van der Waals surface area contributed by atoms with Gasteiger partial charge in [-0.15, -0.1) is 0 Å². The molecule has 1 amide bonds. The Balaban J connectivity index is 2.07. The second kappa shape index (κ2) is 4.34. The van der Waals surface area contributed by atoms with Gasteiger partial charge in [0.1, 0.15) is 0 Å². The van der Waals surface area contributed by atoms with E-state index in [2.05, 4.69) is 15.3 Å². The third kappa shape index (κ3) is 2.21. The molecule has 1 atom stereocenters. The van der Waals surface area contributed by atoms with Crippen molar-refractivity contribution in [2.45, 2.75) is 19.4 Å². The van der Waals surface area contributed by atoms with Gasteiger partial charge in [0.25, 0.3) is 5.56 Å². The Bertz CT molecular complexity index is 442. The standard InChI is InChI=1S/C10H14N4O2/c1-7(15)13-8-2-5-14(6-8)9-10(16)12-4-3-11-9/h3-4,8H,2,5-6H2,1H3,(H,12,16)(H,13,15). The number of aromatic nitrogens is 2. The van der Waals surface area contributed by atoms with Crippen molar-refractivity contribution in [3.8, 4) is 0 Å². The summed E-state index contributed by atoms with van der Waals surface area (Å²) in [5.41, 5.74) is -0.189. The van der Waals surface area contributed by atoms with Gasteiger partial charge in [-0.05, 0) is 6.42 Å². The van der Waals surface area contributed by atoms with Gasteiger partial charge >= 0.3 is 0 Å². The van der Waals surface area contributed by atoms with Crippen LogP contribution >= 0.6 is 0 Å². The van der Waals surface area contributed by atoms with Gasteiger partial charge in [0.15, 0.2) is 5.82 Å². The third-order valence-electron chi connectivity index (χ3n) is 2.58. The van der Waals surface area contributed by atoms with Gasteiger partial charge in [-0.2, -0.15) is 0 Å². The van der Waals surface area contributed by atoms with E-state index in [0.717, 1.165) is 13.0 Å². The average Bonchev–Trinajstić information content (AvgIpc) is 2.66. The van der Waals surface area contributed by atoms with Crippen LogP contribution in [0.3, 0.4) is 0 Å². The number of carbonyl (C=O) groups excluding carboxylic acids is 1. The molecule has 1 aliphatic heterocycles. The van der Waals surface area contributed by atoms with Crippen molar-refractivity contribution in [2.24, 2.45) is 0 Å². The van der Waals surface area contributed by atoms with Crippen molar-refractivity contribution in [1.29, 1.82) is 0 Å². The van der Waals surface area contributed by atoms with Crippen molar-refractivity contribution in [2.75, 3.05) is 18.0 Å². The van der Waals surface area contributed by atoms with Crippen LogP contribution in [0.4, 0.5) is 5.82 Å². The van der Waals surface area contributed by atoms with Crippen LogP contribution < -0.4 is 15.8 Å². The molecule has 0 aliphatic carbocycles. The minimum atomic E-state index is -0.189. The molecule has 2 heterocycles. The number of nitrogens with one attached hydrogen (secondary N) is 2. The molecule has 86 valence electrons. The van der Waals surface area contributed by atoms with Crippen molar-refractivity contribution in [3.63, 3.8) is 0 Å². The van der Waals surface area contributed by atoms with E-state index in [1.165, 1.54) is 13.1 Å². The number of hydrogen-bond acceptors (Lipinski definition) is 4. The summed E-state index contributed by atoms with van der Waals surface area (Å²) >= 11 is 0. The molecular weight excluding hydrogens is 208 g/mol. The predicted octanol–water partition coefficient (Wildman–Crippen LogP) is -0.515. The molecule has 2 rings (SSSR count). The van der Waals surface area contributed by atoms with E-state index in [1.807, 2.05) is 4.90 Å². The number of amides is 1. The summed E-state index contributed by atoms with van der Waals surface area (Å²) in [6, 6.07) is 0.110. The van der Waals surface area contributed by atoms with E-state index < -0.39 is 0 Å². The summed E-state index contributed by atoms with van der Waals surface area (Å²) in [7, 11) is 0. The van der Waals surface area contributed by atoms with E-state index in [0.29, 0.717) is 12.4 Å². The molecule has 0 saturated carbocycles. The lowest BCUT2D eigenvalue weighted by Gasteiger charge is -2.16. The van der Waals surface area contributed by atoms with Crippen LogP contribution in [-0.2, 0) is 4.79 Å². The molecule has 2 N–H and O–H groups in total. The molecule has 0 radical (unpaired) electrons.